The molecule has 0 aliphatic carbocycles. The van der Waals surface area contributed by atoms with Gasteiger partial charge in [-0.1, -0.05) is 24.3 Å². The van der Waals surface area contributed by atoms with Gasteiger partial charge in [0.25, 0.3) is 0 Å². The lowest BCUT2D eigenvalue weighted by Gasteiger charge is -2.08. The molecule has 0 bridgehead atoms. The van der Waals surface area contributed by atoms with Gasteiger partial charge >= 0.3 is 0 Å². The molecule has 0 unspecified atom stereocenters. The molecular formula is C16H13N3. The van der Waals surface area contributed by atoms with Crippen molar-refractivity contribution in [1.82, 2.24) is 4.57 Å². The van der Waals surface area contributed by atoms with Gasteiger partial charge in [0, 0.05) is 18.1 Å². The Morgan fingerprint density at radius 3 is 2.79 bits per heavy atom. The summed E-state index contributed by atoms with van der Waals surface area (Å²) >= 11 is 0. The Bertz CT molecular complexity index is 778. The maximum Gasteiger partial charge on any atom is 0.0991 e. The van der Waals surface area contributed by atoms with E-state index in [2.05, 4.69) is 16.7 Å². The second-order valence-corrected chi connectivity index (χ2v) is 4.54. The molecule has 3 heteroatoms. The van der Waals surface area contributed by atoms with E-state index >= 15 is 0 Å². The SMILES string of the molecule is N#Cc1cccc(Cn2ccc3cccc(N)c32)c1. The summed E-state index contributed by atoms with van der Waals surface area (Å²) in [6, 6.07) is 17.8. The number of fused-ring (bicyclic) bond motifs is 1. The van der Waals surface area contributed by atoms with Gasteiger partial charge in [-0.25, -0.2) is 0 Å². The average molecular weight is 247 g/mol. The molecule has 0 amide bonds. The summed E-state index contributed by atoms with van der Waals surface area (Å²) in [6.07, 6.45) is 2.03. The minimum atomic E-state index is 0.682. The third-order valence-corrected chi connectivity index (χ3v) is 3.23. The molecule has 1 aromatic heterocycles. The molecule has 92 valence electrons. The first kappa shape index (κ1) is 11.4. The number of nitrogens with two attached hydrogens (primary N) is 1. The van der Waals surface area contributed by atoms with Crippen molar-refractivity contribution in [3.05, 3.63) is 65.9 Å². The first-order chi connectivity index (χ1) is 9.28. The standard InChI is InChI=1S/C16H13N3/c17-10-12-3-1-4-13(9-12)11-19-8-7-14-5-2-6-15(18)16(14)19/h1-9H,11,18H2. The highest BCUT2D eigenvalue weighted by Gasteiger charge is 2.05. The maximum atomic E-state index is 8.93. The van der Waals surface area contributed by atoms with Crippen molar-refractivity contribution in [1.29, 1.82) is 5.26 Å². The summed E-state index contributed by atoms with van der Waals surface area (Å²) in [5.41, 5.74) is 9.64. The lowest BCUT2D eigenvalue weighted by atomic mass is 10.1. The van der Waals surface area contributed by atoms with E-state index in [0.717, 1.165) is 22.2 Å². The van der Waals surface area contributed by atoms with Crippen LogP contribution < -0.4 is 5.73 Å². The highest BCUT2D eigenvalue weighted by atomic mass is 15.0. The predicted molar refractivity (Wildman–Crippen MR) is 76.6 cm³/mol. The van der Waals surface area contributed by atoms with Crippen LogP contribution in [0.15, 0.2) is 54.7 Å². The lowest BCUT2D eigenvalue weighted by molar-refractivity contribution is 0.837. The molecule has 2 N–H and O–H groups in total. The number of benzene rings is 2. The molecule has 19 heavy (non-hydrogen) atoms. The molecule has 0 aliphatic heterocycles. The minimum absolute atomic E-state index is 0.682. The van der Waals surface area contributed by atoms with Crippen LogP contribution in [0.4, 0.5) is 5.69 Å². The van der Waals surface area contributed by atoms with Crippen molar-refractivity contribution >= 4 is 16.6 Å². The van der Waals surface area contributed by atoms with Crippen molar-refractivity contribution in [3.8, 4) is 6.07 Å². The van der Waals surface area contributed by atoms with Crippen LogP contribution in [-0.2, 0) is 6.54 Å². The molecule has 3 aromatic rings. The van der Waals surface area contributed by atoms with E-state index in [4.69, 9.17) is 11.0 Å². The van der Waals surface area contributed by atoms with Crippen molar-refractivity contribution in [2.45, 2.75) is 6.54 Å². The average Bonchev–Trinajstić information content (AvgIpc) is 2.84. The molecule has 3 nitrogen and oxygen atoms in total. The number of anilines is 1. The number of nitriles is 1. The molecule has 3 rings (SSSR count). The van der Waals surface area contributed by atoms with Crippen molar-refractivity contribution in [2.75, 3.05) is 5.73 Å². The first-order valence-electron chi connectivity index (χ1n) is 6.10. The monoisotopic (exact) mass is 247 g/mol. The maximum absolute atomic E-state index is 8.93. The molecule has 0 saturated heterocycles. The van der Waals surface area contributed by atoms with Crippen molar-refractivity contribution in [3.63, 3.8) is 0 Å². The number of hydrogen-bond acceptors (Lipinski definition) is 2. The quantitative estimate of drug-likeness (QED) is 0.707. The number of aromatic nitrogens is 1. The fourth-order valence-corrected chi connectivity index (χ4v) is 2.36. The number of para-hydroxylation sites is 1. The van der Waals surface area contributed by atoms with Crippen LogP contribution in [0.5, 0.6) is 0 Å². The van der Waals surface area contributed by atoms with Gasteiger partial charge in [-0.2, -0.15) is 5.26 Å². The summed E-state index contributed by atoms with van der Waals surface area (Å²) in [5.74, 6) is 0. The Kier molecular flexibility index (Phi) is 2.70. The number of nitrogens with zero attached hydrogens (tertiary/aromatic N) is 2. The minimum Gasteiger partial charge on any atom is -0.397 e. The van der Waals surface area contributed by atoms with Crippen LogP contribution in [-0.4, -0.2) is 4.57 Å². The summed E-state index contributed by atoms with van der Waals surface area (Å²) in [4.78, 5) is 0. The fourth-order valence-electron chi connectivity index (χ4n) is 2.36. The van der Waals surface area contributed by atoms with E-state index in [9.17, 15) is 0 Å². The molecule has 0 aliphatic rings. The van der Waals surface area contributed by atoms with Crippen LogP contribution in [0.2, 0.25) is 0 Å². The Labute approximate surface area is 111 Å². The summed E-state index contributed by atoms with van der Waals surface area (Å²) in [5, 5.41) is 10.1. The van der Waals surface area contributed by atoms with Gasteiger partial charge in [0.2, 0.25) is 0 Å². The van der Waals surface area contributed by atoms with E-state index < -0.39 is 0 Å². The molecule has 0 spiro atoms. The summed E-state index contributed by atoms with van der Waals surface area (Å²) in [6.45, 7) is 0.716. The van der Waals surface area contributed by atoms with Crippen LogP contribution >= 0.6 is 0 Å². The largest absolute Gasteiger partial charge is 0.397 e. The number of nitrogen functional groups attached to an aromatic ring is 1. The highest BCUT2D eigenvalue weighted by Crippen LogP contribution is 2.23. The summed E-state index contributed by atoms with van der Waals surface area (Å²) < 4.78 is 2.11. The van der Waals surface area contributed by atoms with Crippen molar-refractivity contribution < 1.29 is 0 Å². The van der Waals surface area contributed by atoms with E-state index in [1.807, 2.05) is 48.7 Å². The molecule has 0 fully saturated rings. The van der Waals surface area contributed by atoms with E-state index in [-0.39, 0.29) is 0 Å². The Morgan fingerprint density at radius 1 is 1.11 bits per heavy atom. The van der Waals surface area contributed by atoms with Crippen LogP contribution in [0.25, 0.3) is 10.9 Å². The van der Waals surface area contributed by atoms with Gasteiger partial charge in [0.15, 0.2) is 0 Å². The Hall–Kier alpha value is -2.73. The Balaban J connectivity index is 2.04. The van der Waals surface area contributed by atoms with Gasteiger partial charge in [-0.05, 0) is 29.8 Å². The van der Waals surface area contributed by atoms with Crippen LogP contribution in [0, 0.1) is 11.3 Å². The van der Waals surface area contributed by atoms with Crippen molar-refractivity contribution in [2.24, 2.45) is 0 Å². The third-order valence-electron chi connectivity index (χ3n) is 3.23. The van der Waals surface area contributed by atoms with Gasteiger partial charge in [-0.15, -0.1) is 0 Å². The second-order valence-electron chi connectivity index (χ2n) is 4.54. The normalized spacial score (nSPS) is 10.5. The van der Waals surface area contributed by atoms with E-state index in [1.165, 1.54) is 0 Å². The predicted octanol–water partition coefficient (Wildman–Crippen LogP) is 3.14. The highest BCUT2D eigenvalue weighted by molar-refractivity contribution is 5.90. The zero-order chi connectivity index (χ0) is 13.2. The smallest absolute Gasteiger partial charge is 0.0991 e. The topological polar surface area (TPSA) is 54.7 Å². The summed E-state index contributed by atoms with van der Waals surface area (Å²) in [7, 11) is 0. The lowest BCUT2D eigenvalue weighted by Crippen LogP contribution is -2.00. The van der Waals surface area contributed by atoms with Gasteiger partial charge in [0.1, 0.15) is 0 Å². The first-order valence-corrected chi connectivity index (χ1v) is 6.10. The zero-order valence-corrected chi connectivity index (χ0v) is 10.4. The molecule has 0 atom stereocenters. The molecule has 0 radical (unpaired) electrons. The molecular weight excluding hydrogens is 234 g/mol. The van der Waals surface area contributed by atoms with Crippen LogP contribution in [0.3, 0.4) is 0 Å². The van der Waals surface area contributed by atoms with E-state index in [0.29, 0.717) is 12.1 Å². The second kappa shape index (κ2) is 4.51. The molecule has 1 heterocycles. The number of hydrogen-bond donors (Lipinski definition) is 1. The third kappa shape index (κ3) is 2.04. The Morgan fingerprint density at radius 2 is 1.95 bits per heavy atom. The van der Waals surface area contributed by atoms with E-state index in [1.54, 1.807) is 0 Å². The molecule has 2 aromatic carbocycles. The molecule has 0 saturated carbocycles. The van der Waals surface area contributed by atoms with Gasteiger partial charge in [-0.3, -0.25) is 0 Å². The van der Waals surface area contributed by atoms with Crippen LogP contribution in [0.1, 0.15) is 11.1 Å². The fraction of sp³-hybridized carbons (Fsp3) is 0.0625. The van der Waals surface area contributed by atoms with Gasteiger partial charge in [0.05, 0.1) is 22.8 Å². The van der Waals surface area contributed by atoms with Gasteiger partial charge < -0.3 is 10.3 Å². The number of rotatable bonds is 2. The zero-order valence-electron chi connectivity index (χ0n) is 10.4.